The van der Waals surface area contributed by atoms with Crippen LogP contribution < -0.4 is 5.73 Å². The van der Waals surface area contributed by atoms with E-state index in [9.17, 15) is 0 Å². The van der Waals surface area contributed by atoms with Gasteiger partial charge in [-0.05, 0) is 49.6 Å². The van der Waals surface area contributed by atoms with Crippen molar-refractivity contribution in [2.45, 2.75) is 20.8 Å². The summed E-state index contributed by atoms with van der Waals surface area (Å²) in [6.45, 7) is 14.0. The maximum absolute atomic E-state index is 5.89. The topological polar surface area (TPSA) is 29.3 Å². The van der Waals surface area contributed by atoms with Gasteiger partial charge in [-0.1, -0.05) is 37.4 Å². The number of benzene rings is 1. The molecule has 0 saturated carbocycles. The first-order chi connectivity index (χ1) is 9.38. The van der Waals surface area contributed by atoms with E-state index in [0.29, 0.717) is 5.70 Å². The van der Waals surface area contributed by atoms with E-state index in [1.165, 1.54) is 11.1 Å². The summed E-state index contributed by atoms with van der Waals surface area (Å²) in [5, 5.41) is 0. The van der Waals surface area contributed by atoms with Crippen LogP contribution in [-0.4, -0.2) is 11.9 Å². The quantitative estimate of drug-likeness (QED) is 0.810. The van der Waals surface area contributed by atoms with Crippen molar-refractivity contribution in [1.82, 2.24) is 4.90 Å². The first-order valence-corrected chi connectivity index (χ1v) is 6.64. The van der Waals surface area contributed by atoms with Crippen molar-refractivity contribution < 1.29 is 0 Å². The molecule has 0 radical (unpaired) electrons. The largest absolute Gasteiger partial charge is 0.397 e. The monoisotopic (exact) mass is 268 g/mol. The van der Waals surface area contributed by atoms with Crippen LogP contribution in [-0.2, 0) is 0 Å². The maximum atomic E-state index is 5.89. The van der Waals surface area contributed by atoms with Gasteiger partial charge < -0.3 is 10.6 Å². The molecule has 2 heteroatoms. The molecule has 1 aromatic rings. The van der Waals surface area contributed by atoms with Crippen molar-refractivity contribution in [1.29, 1.82) is 0 Å². The van der Waals surface area contributed by atoms with Crippen molar-refractivity contribution in [2.75, 3.05) is 7.05 Å². The number of allylic oxidation sites excluding steroid dienone is 5. The normalized spacial score (nSPS) is 12.7. The molecule has 0 saturated heterocycles. The van der Waals surface area contributed by atoms with Gasteiger partial charge in [0, 0.05) is 18.4 Å². The lowest BCUT2D eigenvalue weighted by Crippen LogP contribution is -2.17. The van der Waals surface area contributed by atoms with Crippen molar-refractivity contribution in [3.05, 3.63) is 77.8 Å². The zero-order chi connectivity index (χ0) is 15.3. The van der Waals surface area contributed by atoms with Crippen molar-refractivity contribution in [3.63, 3.8) is 0 Å². The molecule has 0 fully saturated rings. The van der Waals surface area contributed by atoms with E-state index in [1.54, 1.807) is 6.08 Å². The molecule has 1 rings (SSSR count). The van der Waals surface area contributed by atoms with Crippen molar-refractivity contribution in [2.24, 2.45) is 5.73 Å². The Morgan fingerprint density at radius 1 is 1.25 bits per heavy atom. The molecule has 1 aromatic carbocycles. The summed E-state index contributed by atoms with van der Waals surface area (Å²) in [4.78, 5) is 2.04. The van der Waals surface area contributed by atoms with Crippen LogP contribution in [0.1, 0.15) is 25.0 Å². The molecular formula is C18H24N2. The molecule has 20 heavy (non-hydrogen) atoms. The number of hydrogen-bond donors (Lipinski definition) is 1. The third-order valence-corrected chi connectivity index (χ3v) is 3.54. The van der Waals surface area contributed by atoms with Crippen LogP contribution >= 0.6 is 0 Å². The predicted octanol–water partition coefficient (Wildman–Crippen LogP) is 4.22. The minimum Gasteiger partial charge on any atom is -0.397 e. The van der Waals surface area contributed by atoms with E-state index in [1.807, 2.05) is 37.9 Å². The number of aryl methyl sites for hydroxylation is 1. The van der Waals surface area contributed by atoms with Crippen molar-refractivity contribution in [3.8, 4) is 0 Å². The minimum atomic E-state index is 0.682. The Bertz CT molecular complexity index is 577. The fraction of sp³-hybridized carbons (Fsp3) is 0.222. The second kappa shape index (κ2) is 6.80. The fourth-order valence-corrected chi connectivity index (χ4v) is 1.97. The molecule has 0 aliphatic heterocycles. The highest BCUT2D eigenvalue weighted by Crippen LogP contribution is 2.21. The highest BCUT2D eigenvalue weighted by Gasteiger charge is 2.06. The van der Waals surface area contributed by atoms with Gasteiger partial charge in [0.25, 0.3) is 0 Å². The number of hydrogen-bond acceptors (Lipinski definition) is 2. The van der Waals surface area contributed by atoms with E-state index in [0.717, 1.165) is 17.0 Å². The smallest absolute Gasteiger partial charge is 0.0503 e. The molecule has 0 aliphatic carbocycles. The van der Waals surface area contributed by atoms with Crippen LogP contribution in [0.15, 0.2) is 66.7 Å². The fourth-order valence-electron chi connectivity index (χ4n) is 1.97. The summed E-state index contributed by atoms with van der Waals surface area (Å²) in [6.07, 6.45) is 3.73. The van der Waals surface area contributed by atoms with Crippen molar-refractivity contribution >= 4 is 5.57 Å². The minimum absolute atomic E-state index is 0.682. The zero-order valence-corrected chi connectivity index (χ0v) is 12.9. The number of rotatable bonds is 5. The molecule has 2 N–H and O–H groups in total. The molecule has 0 spiro atoms. The highest BCUT2D eigenvalue weighted by atomic mass is 15.1. The molecule has 0 bridgehead atoms. The Labute approximate surface area is 122 Å². The lowest BCUT2D eigenvalue weighted by atomic mass is 10.0. The van der Waals surface area contributed by atoms with Gasteiger partial charge in [0.2, 0.25) is 0 Å². The summed E-state index contributed by atoms with van der Waals surface area (Å²) in [7, 11) is 1.99. The molecule has 2 nitrogen and oxygen atoms in total. The first-order valence-electron chi connectivity index (χ1n) is 6.64. The SMILES string of the molecule is C=C/C(N)=C(/C)N(C)/C(C)=C\C(=C)c1ccccc1C. The van der Waals surface area contributed by atoms with Crippen LogP contribution in [0.2, 0.25) is 0 Å². The average Bonchev–Trinajstić information content (AvgIpc) is 2.44. The first kappa shape index (κ1) is 15.8. The van der Waals surface area contributed by atoms with Gasteiger partial charge in [-0.15, -0.1) is 0 Å². The summed E-state index contributed by atoms with van der Waals surface area (Å²) in [6, 6.07) is 8.24. The molecule has 0 aromatic heterocycles. The maximum Gasteiger partial charge on any atom is 0.0503 e. The number of nitrogens with two attached hydrogens (primary N) is 1. The Balaban J connectivity index is 3.03. The Morgan fingerprint density at radius 2 is 1.85 bits per heavy atom. The summed E-state index contributed by atoms with van der Waals surface area (Å²) >= 11 is 0. The van der Waals surface area contributed by atoms with E-state index < -0.39 is 0 Å². The summed E-state index contributed by atoms with van der Waals surface area (Å²) < 4.78 is 0. The Morgan fingerprint density at radius 3 is 2.40 bits per heavy atom. The van der Waals surface area contributed by atoms with Gasteiger partial charge in [-0.2, -0.15) is 0 Å². The second-order valence-electron chi connectivity index (χ2n) is 4.93. The standard InChI is InChI=1S/C18H24N2/c1-7-18(19)16(5)20(6)15(4)12-14(3)17-11-9-8-10-13(17)2/h7-12H,1,3,19H2,2,4-6H3/b15-12-,18-16+. The lowest BCUT2D eigenvalue weighted by molar-refractivity contribution is 0.516. The average molecular weight is 268 g/mol. The molecule has 0 unspecified atom stereocenters. The van der Waals surface area contributed by atoms with E-state index in [2.05, 4.69) is 38.3 Å². The van der Waals surface area contributed by atoms with Crippen LogP contribution in [0.4, 0.5) is 0 Å². The van der Waals surface area contributed by atoms with Crippen LogP contribution in [0.5, 0.6) is 0 Å². The summed E-state index contributed by atoms with van der Waals surface area (Å²) in [5.41, 5.74) is 12.0. The van der Waals surface area contributed by atoms with Gasteiger partial charge in [0.1, 0.15) is 0 Å². The van der Waals surface area contributed by atoms with Gasteiger partial charge >= 0.3 is 0 Å². The second-order valence-corrected chi connectivity index (χ2v) is 4.93. The predicted molar refractivity (Wildman–Crippen MR) is 88.8 cm³/mol. The molecule has 0 atom stereocenters. The van der Waals surface area contributed by atoms with Gasteiger partial charge in [0.15, 0.2) is 0 Å². The third-order valence-electron chi connectivity index (χ3n) is 3.54. The lowest BCUT2D eigenvalue weighted by Gasteiger charge is -2.22. The van der Waals surface area contributed by atoms with Crippen LogP contribution in [0.25, 0.3) is 5.57 Å². The van der Waals surface area contributed by atoms with Gasteiger partial charge in [-0.25, -0.2) is 0 Å². The zero-order valence-electron chi connectivity index (χ0n) is 12.9. The van der Waals surface area contributed by atoms with E-state index in [4.69, 9.17) is 5.73 Å². The summed E-state index contributed by atoms with van der Waals surface area (Å²) in [5.74, 6) is 0. The number of nitrogens with zero attached hydrogens (tertiary/aromatic N) is 1. The van der Waals surface area contributed by atoms with E-state index in [-0.39, 0.29) is 0 Å². The van der Waals surface area contributed by atoms with Gasteiger partial charge in [-0.3, -0.25) is 0 Å². The molecule has 0 aliphatic rings. The Kier molecular flexibility index (Phi) is 5.39. The highest BCUT2D eigenvalue weighted by molar-refractivity contribution is 5.74. The third kappa shape index (κ3) is 3.64. The molecule has 106 valence electrons. The molecule has 0 amide bonds. The van der Waals surface area contributed by atoms with Gasteiger partial charge in [0.05, 0.1) is 5.70 Å². The van der Waals surface area contributed by atoms with E-state index >= 15 is 0 Å². The van der Waals surface area contributed by atoms with Crippen LogP contribution in [0, 0.1) is 6.92 Å². The van der Waals surface area contributed by atoms with Crippen LogP contribution in [0.3, 0.4) is 0 Å². The molecular weight excluding hydrogens is 244 g/mol. The molecule has 0 heterocycles. The Hall–Kier alpha value is -2.22.